The van der Waals surface area contributed by atoms with Gasteiger partial charge in [-0.3, -0.25) is 4.79 Å². The smallest absolute Gasteiger partial charge is 0.254 e. The minimum Gasteiger partial charge on any atom is -0.490 e. The highest BCUT2D eigenvalue weighted by Crippen LogP contribution is 2.40. The second-order valence-corrected chi connectivity index (χ2v) is 10.7. The summed E-state index contributed by atoms with van der Waals surface area (Å²) in [6.45, 7) is 2.36. The number of carbonyl (C=O) groups excluding carboxylic acids is 1. The fourth-order valence-electron chi connectivity index (χ4n) is 5.39. The van der Waals surface area contributed by atoms with Crippen molar-refractivity contribution < 1.29 is 19.0 Å². The molecule has 0 spiro atoms. The standard InChI is InChI=1S/C29H29NO4S/c1-19-2-11-26(12-3-19)35-17-20-4-6-21(7-5-20)29(31)30-22-8-9-23(30)15-25(14-22)34-24-10-13-27-28(16-24)33-18-32-27/h2-7,10-13,16,22-23,25H,8-9,14-15,17-18H2,1H3. The number of fused-ring (bicyclic) bond motifs is 3. The topological polar surface area (TPSA) is 48.0 Å². The van der Waals surface area contributed by atoms with Gasteiger partial charge in [0.1, 0.15) is 11.9 Å². The second kappa shape index (κ2) is 9.50. The van der Waals surface area contributed by atoms with E-state index >= 15 is 0 Å². The van der Waals surface area contributed by atoms with Crippen molar-refractivity contribution >= 4 is 17.7 Å². The quantitative estimate of drug-likeness (QED) is 0.386. The van der Waals surface area contributed by atoms with E-state index in [0.717, 1.165) is 54.2 Å². The largest absolute Gasteiger partial charge is 0.490 e. The lowest BCUT2D eigenvalue weighted by atomic mass is 9.98. The van der Waals surface area contributed by atoms with E-state index in [4.69, 9.17) is 14.2 Å². The molecule has 0 N–H and O–H groups in total. The monoisotopic (exact) mass is 487 g/mol. The first-order valence-electron chi connectivity index (χ1n) is 12.3. The van der Waals surface area contributed by atoms with Crippen molar-refractivity contribution in [2.24, 2.45) is 0 Å². The van der Waals surface area contributed by atoms with Crippen LogP contribution in [0.1, 0.15) is 47.2 Å². The Balaban J connectivity index is 1.07. The third kappa shape index (κ3) is 4.72. The molecule has 0 radical (unpaired) electrons. The number of carbonyl (C=O) groups is 1. The Kier molecular flexibility index (Phi) is 6.06. The molecule has 3 heterocycles. The van der Waals surface area contributed by atoms with E-state index in [1.165, 1.54) is 16.0 Å². The summed E-state index contributed by atoms with van der Waals surface area (Å²) in [5.74, 6) is 3.34. The van der Waals surface area contributed by atoms with E-state index in [1.54, 1.807) is 0 Å². The maximum atomic E-state index is 13.4. The zero-order chi connectivity index (χ0) is 23.8. The Morgan fingerprint density at radius 2 is 1.66 bits per heavy atom. The highest BCUT2D eigenvalue weighted by atomic mass is 32.2. The molecule has 0 aromatic heterocycles. The van der Waals surface area contributed by atoms with E-state index in [0.29, 0.717) is 0 Å². The maximum absolute atomic E-state index is 13.4. The predicted octanol–water partition coefficient (Wildman–Crippen LogP) is 6.23. The van der Waals surface area contributed by atoms with Crippen LogP contribution in [-0.2, 0) is 5.75 Å². The first-order valence-corrected chi connectivity index (χ1v) is 13.3. The molecule has 3 aromatic carbocycles. The summed E-state index contributed by atoms with van der Waals surface area (Å²) < 4.78 is 17.2. The van der Waals surface area contributed by atoms with Crippen LogP contribution in [0.4, 0.5) is 0 Å². The van der Waals surface area contributed by atoms with Gasteiger partial charge in [0.05, 0.1) is 0 Å². The molecule has 2 saturated heterocycles. The Bertz CT molecular complexity index is 1200. The van der Waals surface area contributed by atoms with E-state index < -0.39 is 0 Å². The van der Waals surface area contributed by atoms with Crippen molar-refractivity contribution in [1.82, 2.24) is 4.90 Å². The highest BCUT2D eigenvalue weighted by molar-refractivity contribution is 7.98. The molecule has 180 valence electrons. The molecule has 35 heavy (non-hydrogen) atoms. The lowest BCUT2D eigenvalue weighted by Crippen LogP contribution is -2.49. The van der Waals surface area contributed by atoms with Gasteiger partial charge in [-0.25, -0.2) is 0 Å². The van der Waals surface area contributed by atoms with Gasteiger partial charge in [0, 0.05) is 47.2 Å². The number of benzene rings is 3. The van der Waals surface area contributed by atoms with Crippen LogP contribution >= 0.6 is 11.8 Å². The number of nitrogens with zero attached hydrogens (tertiary/aromatic N) is 1. The van der Waals surface area contributed by atoms with Crippen LogP contribution < -0.4 is 14.2 Å². The fraction of sp³-hybridized carbons (Fsp3) is 0.345. The zero-order valence-electron chi connectivity index (χ0n) is 19.8. The third-order valence-electron chi connectivity index (χ3n) is 7.20. The maximum Gasteiger partial charge on any atom is 0.254 e. The predicted molar refractivity (Wildman–Crippen MR) is 136 cm³/mol. The molecule has 1 amide bonds. The molecule has 0 saturated carbocycles. The normalized spacial score (nSPS) is 22.3. The summed E-state index contributed by atoms with van der Waals surface area (Å²) in [6.07, 6.45) is 3.92. The average Bonchev–Trinajstić information content (AvgIpc) is 3.45. The Hall–Kier alpha value is -3.12. The average molecular weight is 488 g/mol. The first kappa shape index (κ1) is 22.4. The summed E-state index contributed by atoms with van der Waals surface area (Å²) in [5, 5.41) is 0. The van der Waals surface area contributed by atoms with Crippen LogP contribution in [-0.4, -0.2) is 35.8 Å². The Morgan fingerprint density at radius 1 is 0.943 bits per heavy atom. The molecule has 3 aliphatic heterocycles. The minimum atomic E-state index is 0.109. The van der Waals surface area contributed by atoms with E-state index in [-0.39, 0.29) is 30.9 Å². The number of aryl methyl sites for hydroxylation is 1. The van der Waals surface area contributed by atoms with Gasteiger partial charge in [0.25, 0.3) is 5.91 Å². The van der Waals surface area contributed by atoms with Crippen LogP contribution in [0.3, 0.4) is 0 Å². The summed E-state index contributed by atoms with van der Waals surface area (Å²) in [7, 11) is 0. The van der Waals surface area contributed by atoms with E-state index in [9.17, 15) is 4.79 Å². The Labute approximate surface area is 210 Å². The van der Waals surface area contributed by atoms with E-state index in [2.05, 4.69) is 48.2 Å². The molecule has 6 rings (SSSR count). The van der Waals surface area contributed by atoms with Gasteiger partial charge in [0.15, 0.2) is 11.5 Å². The highest BCUT2D eigenvalue weighted by Gasteiger charge is 2.44. The van der Waals surface area contributed by atoms with Crippen LogP contribution in [0.25, 0.3) is 0 Å². The molecule has 0 aliphatic carbocycles. The summed E-state index contributed by atoms with van der Waals surface area (Å²) >= 11 is 1.82. The van der Waals surface area contributed by atoms with Gasteiger partial charge < -0.3 is 19.1 Å². The molecule has 2 unspecified atom stereocenters. The van der Waals surface area contributed by atoms with Crippen molar-refractivity contribution in [3.8, 4) is 17.2 Å². The molecular formula is C29H29NO4S. The van der Waals surface area contributed by atoms with Crippen LogP contribution in [0.2, 0.25) is 0 Å². The van der Waals surface area contributed by atoms with Crippen molar-refractivity contribution in [1.29, 1.82) is 0 Å². The summed E-state index contributed by atoms with van der Waals surface area (Å²) in [6, 6.07) is 23.0. The van der Waals surface area contributed by atoms with Gasteiger partial charge in [-0.2, -0.15) is 0 Å². The number of amides is 1. The molecule has 2 fully saturated rings. The van der Waals surface area contributed by atoms with Crippen molar-refractivity contribution in [2.75, 3.05) is 6.79 Å². The molecule has 2 atom stereocenters. The number of hydrogen-bond donors (Lipinski definition) is 0. The van der Waals surface area contributed by atoms with Gasteiger partial charge in [0.2, 0.25) is 6.79 Å². The number of piperidine rings is 1. The van der Waals surface area contributed by atoms with Crippen molar-refractivity contribution in [3.05, 3.63) is 83.4 Å². The number of thioether (sulfide) groups is 1. The lowest BCUT2D eigenvalue weighted by molar-refractivity contribution is 0.0358. The molecule has 3 aliphatic rings. The minimum absolute atomic E-state index is 0.109. The third-order valence-corrected chi connectivity index (χ3v) is 8.28. The molecule has 2 bridgehead atoms. The zero-order valence-corrected chi connectivity index (χ0v) is 20.6. The fourth-order valence-corrected chi connectivity index (χ4v) is 6.25. The number of ether oxygens (including phenoxy) is 3. The first-order chi connectivity index (χ1) is 17.1. The second-order valence-electron chi connectivity index (χ2n) is 9.62. The molecular weight excluding hydrogens is 458 g/mol. The lowest BCUT2D eigenvalue weighted by Gasteiger charge is -2.39. The molecule has 3 aromatic rings. The van der Waals surface area contributed by atoms with Crippen molar-refractivity contribution in [2.45, 2.75) is 61.4 Å². The van der Waals surface area contributed by atoms with E-state index in [1.807, 2.05) is 42.1 Å². The van der Waals surface area contributed by atoms with Gasteiger partial charge in [-0.1, -0.05) is 29.8 Å². The molecule has 5 nitrogen and oxygen atoms in total. The van der Waals surface area contributed by atoms with Gasteiger partial charge in [-0.15, -0.1) is 11.8 Å². The van der Waals surface area contributed by atoms with Crippen LogP contribution in [0.15, 0.2) is 71.6 Å². The van der Waals surface area contributed by atoms with Crippen LogP contribution in [0, 0.1) is 6.92 Å². The van der Waals surface area contributed by atoms with Crippen molar-refractivity contribution in [3.63, 3.8) is 0 Å². The summed E-state index contributed by atoms with van der Waals surface area (Å²) in [4.78, 5) is 16.8. The SMILES string of the molecule is Cc1ccc(SCc2ccc(C(=O)N3C4CCC3CC(Oc3ccc5c(c3)OCO5)C4)cc2)cc1. The number of rotatable bonds is 6. The Morgan fingerprint density at radius 3 is 2.40 bits per heavy atom. The summed E-state index contributed by atoms with van der Waals surface area (Å²) in [5.41, 5.74) is 3.28. The van der Waals surface area contributed by atoms with Crippen LogP contribution in [0.5, 0.6) is 17.2 Å². The number of hydrogen-bond acceptors (Lipinski definition) is 5. The molecule has 6 heteroatoms. The van der Waals surface area contributed by atoms with Gasteiger partial charge >= 0.3 is 0 Å². The van der Waals surface area contributed by atoms with Gasteiger partial charge in [-0.05, 0) is 61.7 Å².